The predicted molar refractivity (Wildman–Crippen MR) is 102 cm³/mol. The summed E-state index contributed by atoms with van der Waals surface area (Å²) >= 11 is 0. The topological polar surface area (TPSA) is 87.5 Å². The van der Waals surface area contributed by atoms with E-state index in [1.165, 1.54) is 6.07 Å². The number of halogens is 3. The molecule has 2 fully saturated rings. The van der Waals surface area contributed by atoms with Crippen molar-refractivity contribution in [2.24, 2.45) is 0 Å². The molecular weight excluding hydrogens is 399 g/mol. The number of aromatic nitrogens is 2. The Balaban J connectivity index is 1.55. The number of aliphatic hydroxyl groups is 1. The molecule has 2 aliphatic carbocycles. The van der Waals surface area contributed by atoms with Gasteiger partial charge in [0.25, 0.3) is 0 Å². The van der Waals surface area contributed by atoms with Crippen LogP contribution in [0.4, 0.5) is 19.0 Å². The maximum atomic E-state index is 13.0. The lowest BCUT2D eigenvalue weighted by atomic mass is 9.92. The van der Waals surface area contributed by atoms with E-state index in [-0.39, 0.29) is 18.2 Å². The Morgan fingerprint density at radius 3 is 2.57 bits per heavy atom. The first-order valence-electron chi connectivity index (χ1n) is 10.2. The number of nitrogens with one attached hydrogen (secondary N) is 1. The maximum absolute atomic E-state index is 13.0. The number of rotatable bonds is 3. The summed E-state index contributed by atoms with van der Waals surface area (Å²) < 4.78 is 44.9. The van der Waals surface area contributed by atoms with Crippen molar-refractivity contribution in [1.29, 1.82) is 0 Å². The normalized spacial score (nSPS) is 24.7. The van der Waals surface area contributed by atoms with Crippen molar-refractivity contribution in [1.82, 2.24) is 10.2 Å². The largest absolute Gasteiger partial charge is 0.507 e. The van der Waals surface area contributed by atoms with Gasteiger partial charge in [0.05, 0.1) is 29.9 Å². The second-order valence-electron chi connectivity index (χ2n) is 8.37. The van der Waals surface area contributed by atoms with Gasteiger partial charge < -0.3 is 20.3 Å². The number of ether oxygens (including phenoxy) is 1. The minimum absolute atomic E-state index is 0.126. The van der Waals surface area contributed by atoms with E-state index in [9.17, 15) is 23.4 Å². The van der Waals surface area contributed by atoms with Crippen molar-refractivity contribution >= 4 is 5.82 Å². The molecule has 2 atom stereocenters. The van der Waals surface area contributed by atoms with E-state index in [1.807, 2.05) is 0 Å². The molecule has 0 amide bonds. The summed E-state index contributed by atoms with van der Waals surface area (Å²) in [5, 5.41) is 32.5. The molecule has 1 aliphatic heterocycles. The van der Waals surface area contributed by atoms with Gasteiger partial charge in [-0.2, -0.15) is 13.2 Å². The van der Waals surface area contributed by atoms with Crippen molar-refractivity contribution < 1.29 is 28.1 Å². The van der Waals surface area contributed by atoms with Gasteiger partial charge in [-0.15, -0.1) is 10.2 Å². The third-order valence-electron chi connectivity index (χ3n) is 6.36. The quantitative estimate of drug-likeness (QED) is 0.692. The molecule has 1 aromatic carbocycles. The van der Waals surface area contributed by atoms with Crippen molar-refractivity contribution in [3.63, 3.8) is 0 Å². The maximum Gasteiger partial charge on any atom is 0.416 e. The standard InChI is InChI=1S/C21H22F3N3O3/c22-21(23,24)11-5-6-12(16(29)9-11)18-13-10-30-20(7-8-20)17(13)19(27-26-18)25-14-3-1-2-4-15(14)28/h5-6,9,14-15,28-29H,1-4,7-8,10H2,(H,25,27)/t14-,15-/m1/s1. The summed E-state index contributed by atoms with van der Waals surface area (Å²) in [6.07, 6.45) is 0.204. The molecule has 3 N–H and O–H groups in total. The van der Waals surface area contributed by atoms with Gasteiger partial charge in [0.2, 0.25) is 0 Å². The van der Waals surface area contributed by atoms with Crippen LogP contribution in [-0.4, -0.2) is 32.6 Å². The van der Waals surface area contributed by atoms with E-state index in [1.54, 1.807) is 0 Å². The lowest BCUT2D eigenvalue weighted by Crippen LogP contribution is -2.37. The number of aromatic hydroxyl groups is 1. The predicted octanol–water partition coefficient (Wildman–Crippen LogP) is 4.10. The number of phenolic OH excluding ortho intramolecular Hbond substituents is 1. The number of nitrogens with zero attached hydrogens (tertiary/aromatic N) is 2. The molecule has 0 bridgehead atoms. The van der Waals surface area contributed by atoms with Gasteiger partial charge in [-0.25, -0.2) is 0 Å². The Hall–Kier alpha value is -2.39. The monoisotopic (exact) mass is 421 g/mol. The van der Waals surface area contributed by atoms with Gasteiger partial charge in [-0.3, -0.25) is 0 Å². The molecule has 2 aromatic rings. The fraction of sp³-hybridized carbons (Fsp3) is 0.524. The van der Waals surface area contributed by atoms with Crippen molar-refractivity contribution in [2.45, 2.75) is 69.1 Å². The van der Waals surface area contributed by atoms with Crippen molar-refractivity contribution in [2.75, 3.05) is 5.32 Å². The number of anilines is 1. The van der Waals surface area contributed by atoms with Gasteiger partial charge in [-0.1, -0.05) is 12.8 Å². The number of aliphatic hydroxyl groups excluding tert-OH is 1. The Kier molecular flexibility index (Phi) is 4.44. The number of hydrogen-bond donors (Lipinski definition) is 3. The molecule has 0 saturated heterocycles. The van der Waals surface area contributed by atoms with E-state index >= 15 is 0 Å². The van der Waals surface area contributed by atoms with Crippen LogP contribution in [0.1, 0.15) is 55.2 Å². The fourth-order valence-corrected chi connectivity index (χ4v) is 4.57. The summed E-state index contributed by atoms with van der Waals surface area (Å²) in [5.41, 5.74) is 0.721. The van der Waals surface area contributed by atoms with E-state index in [2.05, 4.69) is 15.5 Å². The molecule has 0 unspecified atom stereocenters. The van der Waals surface area contributed by atoms with Crippen LogP contribution in [0.3, 0.4) is 0 Å². The van der Waals surface area contributed by atoms with Crippen LogP contribution in [0.25, 0.3) is 11.3 Å². The Morgan fingerprint density at radius 1 is 1.13 bits per heavy atom. The highest BCUT2D eigenvalue weighted by atomic mass is 19.4. The molecule has 3 aliphatic rings. The number of alkyl halides is 3. The zero-order valence-electron chi connectivity index (χ0n) is 16.2. The van der Waals surface area contributed by atoms with E-state index in [0.717, 1.165) is 55.7 Å². The molecule has 1 aromatic heterocycles. The fourth-order valence-electron chi connectivity index (χ4n) is 4.57. The second kappa shape index (κ2) is 6.81. The minimum Gasteiger partial charge on any atom is -0.507 e. The highest BCUT2D eigenvalue weighted by Crippen LogP contribution is 2.58. The lowest BCUT2D eigenvalue weighted by molar-refractivity contribution is -0.137. The Morgan fingerprint density at radius 2 is 1.90 bits per heavy atom. The van der Waals surface area contributed by atoms with Crippen LogP contribution < -0.4 is 5.32 Å². The zero-order chi connectivity index (χ0) is 21.1. The van der Waals surface area contributed by atoms with Crippen LogP contribution in [0, 0.1) is 0 Å². The number of phenols is 1. The summed E-state index contributed by atoms with van der Waals surface area (Å²) in [7, 11) is 0. The molecule has 160 valence electrons. The lowest BCUT2D eigenvalue weighted by Gasteiger charge is -2.29. The van der Waals surface area contributed by atoms with E-state index in [0.29, 0.717) is 17.6 Å². The molecule has 2 saturated carbocycles. The van der Waals surface area contributed by atoms with Crippen molar-refractivity contribution in [3.8, 4) is 17.0 Å². The average Bonchev–Trinajstić information content (AvgIpc) is 3.38. The molecule has 0 radical (unpaired) electrons. The zero-order valence-corrected chi connectivity index (χ0v) is 16.2. The average molecular weight is 421 g/mol. The Bertz CT molecular complexity index is 991. The van der Waals surface area contributed by atoms with Crippen LogP contribution in [0.5, 0.6) is 5.75 Å². The number of benzene rings is 1. The first-order chi connectivity index (χ1) is 14.3. The van der Waals surface area contributed by atoms with Gasteiger partial charge in [0, 0.05) is 16.7 Å². The third-order valence-corrected chi connectivity index (χ3v) is 6.36. The van der Waals surface area contributed by atoms with Crippen LogP contribution in [-0.2, 0) is 23.1 Å². The molecule has 5 rings (SSSR count). The van der Waals surface area contributed by atoms with Crippen LogP contribution in [0.2, 0.25) is 0 Å². The molecule has 2 heterocycles. The summed E-state index contributed by atoms with van der Waals surface area (Å²) in [4.78, 5) is 0. The van der Waals surface area contributed by atoms with Crippen molar-refractivity contribution in [3.05, 3.63) is 34.9 Å². The first kappa shape index (κ1) is 19.6. The van der Waals surface area contributed by atoms with E-state index < -0.39 is 29.2 Å². The highest BCUT2D eigenvalue weighted by molar-refractivity contribution is 5.74. The van der Waals surface area contributed by atoms with Gasteiger partial charge in [-0.05, 0) is 43.9 Å². The van der Waals surface area contributed by atoms with E-state index in [4.69, 9.17) is 4.74 Å². The highest BCUT2D eigenvalue weighted by Gasteiger charge is 2.54. The number of fused-ring (bicyclic) bond motifs is 2. The van der Waals surface area contributed by atoms with Crippen LogP contribution in [0.15, 0.2) is 18.2 Å². The molecule has 30 heavy (non-hydrogen) atoms. The van der Waals surface area contributed by atoms with Gasteiger partial charge >= 0.3 is 6.18 Å². The number of hydrogen-bond acceptors (Lipinski definition) is 6. The van der Waals surface area contributed by atoms with Crippen LogP contribution >= 0.6 is 0 Å². The summed E-state index contributed by atoms with van der Waals surface area (Å²) in [6, 6.07) is 2.73. The SMILES string of the molecule is Oc1cc(C(F)(F)F)ccc1-c1nnc(N[C@@H]2CCCC[C@H]2O)c2c1COC21CC1. The summed E-state index contributed by atoms with van der Waals surface area (Å²) in [5.74, 6) is 0.0579. The second-order valence-corrected chi connectivity index (χ2v) is 8.37. The molecule has 9 heteroatoms. The molecule has 1 spiro atoms. The molecule has 6 nitrogen and oxygen atoms in total. The molecular formula is C21H22F3N3O3. The smallest absolute Gasteiger partial charge is 0.416 e. The van der Waals surface area contributed by atoms with Gasteiger partial charge in [0.1, 0.15) is 11.4 Å². The minimum atomic E-state index is -4.54. The first-order valence-corrected chi connectivity index (χ1v) is 10.2. The van der Waals surface area contributed by atoms with Gasteiger partial charge in [0.15, 0.2) is 5.82 Å². The summed E-state index contributed by atoms with van der Waals surface area (Å²) in [6.45, 7) is 0.253. The third kappa shape index (κ3) is 3.20. The Labute approximate surface area is 171 Å².